The topological polar surface area (TPSA) is 59.0 Å². The molecule has 1 saturated heterocycles. The Morgan fingerprint density at radius 2 is 2.33 bits per heavy atom. The normalized spacial score (nSPS) is 21.7. The Kier molecular flexibility index (Phi) is 5.39. The zero-order valence-corrected chi connectivity index (χ0v) is 13.5. The number of carbonyl (C=O) groups is 1. The summed E-state index contributed by atoms with van der Waals surface area (Å²) in [5.74, 6) is 0.176. The Labute approximate surface area is 127 Å². The third-order valence-electron chi connectivity index (χ3n) is 4.29. The minimum Gasteiger partial charge on any atom is -0.354 e. The van der Waals surface area contributed by atoms with Crippen LogP contribution in [0.25, 0.3) is 0 Å². The molecule has 0 spiro atoms. The maximum absolute atomic E-state index is 12.4. The number of nitrogens with zero attached hydrogens (tertiary/aromatic N) is 2. The first kappa shape index (κ1) is 16.0. The third-order valence-corrected chi connectivity index (χ3v) is 4.29. The van der Waals surface area contributed by atoms with Gasteiger partial charge in [0.1, 0.15) is 0 Å². The first-order valence-corrected chi connectivity index (χ1v) is 8.12. The molecule has 5 nitrogen and oxygen atoms in total. The molecule has 1 aliphatic heterocycles. The molecule has 0 bridgehead atoms. The molecule has 1 aromatic rings. The van der Waals surface area contributed by atoms with E-state index < -0.39 is 0 Å². The fourth-order valence-corrected chi connectivity index (χ4v) is 3.25. The van der Waals surface area contributed by atoms with Gasteiger partial charge in [0.2, 0.25) is 5.91 Å². The van der Waals surface area contributed by atoms with Crippen LogP contribution >= 0.6 is 0 Å². The van der Waals surface area contributed by atoms with Crippen LogP contribution in [0.2, 0.25) is 0 Å². The van der Waals surface area contributed by atoms with Gasteiger partial charge in [0, 0.05) is 18.8 Å². The zero-order chi connectivity index (χ0) is 15.3. The van der Waals surface area contributed by atoms with E-state index in [0.717, 1.165) is 50.9 Å². The summed E-state index contributed by atoms with van der Waals surface area (Å²) in [7, 11) is 0. The number of hydrogen-bond donors (Lipinski definition) is 2. The molecule has 5 heteroatoms. The highest BCUT2D eigenvalue weighted by molar-refractivity contribution is 5.86. The second kappa shape index (κ2) is 7.07. The molecular weight excluding hydrogens is 264 g/mol. The van der Waals surface area contributed by atoms with E-state index in [9.17, 15) is 4.79 Å². The molecule has 2 heterocycles. The molecule has 2 rings (SSSR count). The molecule has 21 heavy (non-hydrogen) atoms. The van der Waals surface area contributed by atoms with Crippen LogP contribution in [0.4, 0.5) is 0 Å². The second-order valence-corrected chi connectivity index (χ2v) is 6.12. The van der Waals surface area contributed by atoms with Gasteiger partial charge >= 0.3 is 0 Å². The Hall–Kier alpha value is -1.36. The van der Waals surface area contributed by atoms with Crippen molar-refractivity contribution in [3.8, 4) is 0 Å². The monoisotopic (exact) mass is 292 g/mol. The predicted octanol–water partition coefficient (Wildman–Crippen LogP) is 1.93. The van der Waals surface area contributed by atoms with Crippen LogP contribution in [0, 0.1) is 13.8 Å². The fraction of sp³-hybridized carbons (Fsp3) is 0.750. The Morgan fingerprint density at radius 3 is 2.90 bits per heavy atom. The summed E-state index contributed by atoms with van der Waals surface area (Å²) in [6, 6.07) is 2.08. The lowest BCUT2D eigenvalue weighted by Gasteiger charge is -2.27. The summed E-state index contributed by atoms with van der Waals surface area (Å²) < 4.78 is 2.01. The average Bonchev–Trinajstić information content (AvgIpc) is 3.03. The van der Waals surface area contributed by atoms with Gasteiger partial charge in [-0.1, -0.05) is 13.3 Å². The van der Waals surface area contributed by atoms with Crippen molar-refractivity contribution in [2.75, 3.05) is 13.1 Å². The van der Waals surface area contributed by atoms with Gasteiger partial charge < -0.3 is 10.6 Å². The Morgan fingerprint density at radius 1 is 1.52 bits per heavy atom. The largest absolute Gasteiger partial charge is 0.354 e. The summed E-state index contributed by atoms with van der Waals surface area (Å²) in [5.41, 5.74) is 1.92. The molecule has 118 valence electrons. The molecule has 1 aromatic heterocycles. The highest BCUT2D eigenvalue weighted by atomic mass is 16.2. The molecule has 0 aliphatic carbocycles. The minimum atomic E-state index is -0.313. The molecule has 1 atom stereocenters. The maximum atomic E-state index is 12.4. The van der Waals surface area contributed by atoms with E-state index >= 15 is 0 Å². The van der Waals surface area contributed by atoms with Crippen LogP contribution in [-0.2, 0) is 11.3 Å². The minimum absolute atomic E-state index is 0.176. The number of carbonyl (C=O) groups excluding carboxylic acids is 1. The summed E-state index contributed by atoms with van der Waals surface area (Å²) in [4.78, 5) is 12.4. The fourth-order valence-electron chi connectivity index (χ4n) is 3.25. The van der Waals surface area contributed by atoms with Gasteiger partial charge in [0.25, 0.3) is 0 Å². The van der Waals surface area contributed by atoms with Crippen LogP contribution in [0.5, 0.6) is 0 Å². The second-order valence-electron chi connectivity index (χ2n) is 6.12. The average molecular weight is 292 g/mol. The van der Waals surface area contributed by atoms with Gasteiger partial charge in [-0.3, -0.25) is 9.48 Å². The molecular formula is C16H28N4O. The van der Waals surface area contributed by atoms with Crippen molar-refractivity contribution < 1.29 is 4.79 Å². The number of hydrogen-bond acceptors (Lipinski definition) is 3. The lowest BCUT2D eigenvalue weighted by Crippen LogP contribution is -2.53. The number of amides is 1. The van der Waals surface area contributed by atoms with Crippen molar-refractivity contribution in [2.45, 2.75) is 65.0 Å². The summed E-state index contributed by atoms with van der Waals surface area (Å²) >= 11 is 0. The first-order valence-electron chi connectivity index (χ1n) is 8.12. The van der Waals surface area contributed by atoms with Crippen molar-refractivity contribution in [1.82, 2.24) is 20.4 Å². The van der Waals surface area contributed by atoms with Crippen LogP contribution < -0.4 is 10.6 Å². The highest BCUT2D eigenvalue weighted by Gasteiger charge is 2.39. The molecule has 1 unspecified atom stereocenters. The van der Waals surface area contributed by atoms with Crippen LogP contribution in [0.3, 0.4) is 0 Å². The molecule has 0 radical (unpaired) electrons. The SMILES string of the molecule is CCCC1(C(=O)NCCCn2nc(C)cc2C)CCCN1. The number of aryl methyl sites for hydroxylation is 3. The van der Waals surface area contributed by atoms with E-state index in [1.807, 2.05) is 11.6 Å². The summed E-state index contributed by atoms with van der Waals surface area (Å²) in [5, 5.41) is 11.0. The lowest BCUT2D eigenvalue weighted by molar-refractivity contribution is -0.127. The maximum Gasteiger partial charge on any atom is 0.240 e. The summed E-state index contributed by atoms with van der Waals surface area (Å²) in [6.45, 7) is 8.73. The van der Waals surface area contributed by atoms with Gasteiger partial charge in [-0.05, 0) is 52.1 Å². The van der Waals surface area contributed by atoms with Gasteiger partial charge in [0.05, 0.1) is 11.2 Å². The van der Waals surface area contributed by atoms with E-state index in [1.54, 1.807) is 0 Å². The summed E-state index contributed by atoms with van der Waals surface area (Å²) in [6.07, 6.45) is 4.93. The van der Waals surface area contributed by atoms with E-state index in [2.05, 4.69) is 35.6 Å². The molecule has 1 amide bonds. The first-order chi connectivity index (χ1) is 10.1. The lowest BCUT2D eigenvalue weighted by atomic mass is 9.91. The van der Waals surface area contributed by atoms with Crippen molar-refractivity contribution in [2.24, 2.45) is 0 Å². The van der Waals surface area contributed by atoms with Crippen molar-refractivity contribution in [1.29, 1.82) is 0 Å². The van der Waals surface area contributed by atoms with E-state index in [0.29, 0.717) is 6.54 Å². The molecule has 1 aliphatic rings. The van der Waals surface area contributed by atoms with Crippen LogP contribution in [0.1, 0.15) is 50.4 Å². The van der Waals surface area contributed by atoms with Crippen molar-refractivity contribution >= 4 is 5.91 Å². The van der Waals surface area contributed by atoms with Gasteiger partial charge in [0.15, 0.2) is 0 Å². The Balaban J connectivity index is 1.77. The van der Waals surface area contributed by atoms with Gasteiger partial charge in [-0.2, -0.15) is 5.10 Å². The third kappa shape index (κ3) is 3.84. The standard InChI is InChI=1S/C16H28N4O/c1-4-7-16(8-5-10-18-16)15(21)17-9-6-11-20-14(3)12-13(2)19-20/h12,18H,4-11H2,1-3H3,(H,17,21). The molecule has 0 aromatic carbocycles. The molecule has 2 N–H and O–H groups in total. The quantitative estimate of drug-likeness (QED) is 0.755. The van der Waals surface area contributed by atoms with Crippen LogP contribution in [0.15, 0.2) is 6.07 Å². The predicted molar refractivity (Wildman–Crippen MR) is 84.2 cm³/mol. The smallest absolute Gasteiger partial charge is 0.240 e. The molecule has 1 fully saturated rings. The van der Waals surface area contributed by atoms with E-state index in [1.165, 1.54) is 5.69 Å². The number of nitrogens with one attached hydrogen (secondary N) is 2. The number of aromatic nitrogens is 2. The number of rotatable bonds is 7. The zero-order valence-electron chi connectivity index (χ0n) is 13.5. The highest BCUT2D eigenvalue weighted by Crippen LogP contribution is 2.24. The molecule has 0 saturated carbocycles. The van der Waals surface area contributed by atoms with Crippen molar-refractivity contribution in [3.63, 3.8) is 0 Å². The Bertz CT molecular complexity index is 475. The van der Waals surface area contributed by atoms with Gasteiger partial charge in [-0.15, -0.1) is 0 Å². The van der Waals surface area contributed by atoms with Crippen LogP contribution in [-0.4, -0.2) is 34.3 Å². The van der Waals surface area contributed by atoms with E-state index in [-0.39, 0.29) is 11.4 Å². The van der Waals surface area contributed by atoms with Crippen molar-refractivity contribution in [3.05, 3.63) is 17.5 Å². The van der Waals surface area contributed by atoms with E-state index in [4.69, 9.17) is 0 Å². The van der Waals surface area contributed by atoms with Gasteiger partial charge in [-0.25, -0.2) is 0 Å².